The van der Waals surface area contributed by atoms with Crippen LogP contribution in [-0.4, -0.2) is 24.2 Å². The maximum absolute atomic E-state index is 12.4. The molecule has 1 unspecified atom stereocenters. The van der Waals surface area contributed by atoms with E-state index in [0.717, 1.165) is 10.0 Å². The summed E-state index contributed by atoms with van der Waals surface area (Å²) >= 11 is 3.44. The summed E-state index contributed by atoms with van der Waals surface area (Å²) < 4.78 is 7.96. The lowest BCUT2D eigenvalue weighted by Crippen LogP contribution is -2.29. The molecule has 2 aromatic rings. The minimum Gasteiger partial charge on any atom is -0.383 e. The molecule has 1 aromatic carbocycles. The number of amides is 1. The van der Waals surface area contributed by atoms with Crippen molar-refractivity contribution in [1.29, 1.82) is 0 Å². The predicted molar refractivity (Wildman–Crippen MR) is 86.3 cm³/mol. The van der Waals surface area contributed by atoms with Crippen LogP contribution in [0.4, 0.5) is 0 Å². The summed E-state index contributed by atoms with van der Waals surface area (Å²) in [6, 6.07) is 11.6. The summed E-state index contributed by atoms with van der Waals surface area (Å²) in [4.78, 5) is 12.4. The molecule has 5 heteroatoms. The lowest BCUT2D eigenvalue weighted by atomic mass is 10.1. The summed E-state index contributed by atoms with van der Waals surface area (Å²) in [5, 5.41) is 3.02. The molecule has 4 nitrogen and oxygen atoms in total. The minimum absolute atomic E-state index is 0.0548. The molecule has 1 heterocycles. The first-order chi connectivity index (χ1) is 10.1. The number of halogens is 1. The van der Waals surface area contributed by atoms with Crippen molar-refractivity contribution in [3.63, 3.8) is 0 Å². The Hall–Kier alpha value is -1.59. The van der Waals surface area contributed by atoms with E-state index < -0.39 is 0 Å². The smallest absolute Gasteiger partial charge is 0.268 e. The Bertz CT molecular complexity index is 610. The molecule has 0 saturated heterocycles. The fraction of sp³-hybridized carbons (Fsp3) is 0.312. The fourth-order valence-electron chi connectivity index (χ4n) is 2.13. The van der Waals surface area contributed by atoms with E-state index in [1.165, 1.54) is 0 Å². The number of nitrogens with one attached hydrogen (secondary N) is 1. The molecule has 0 aliphatic heterocycles. The Labute approximate surface area is 133 Å². The first-order valence-electron chi connectivity index (χ1n) is 6.82. The van der Waals surface area contributed by atoms with Crippen molar-refractivity contribution in [3.05, 3.63) is 58.3 Å². The van der Waals surface area contributed by atoms with Gasteiger partial charge in [-0.2, -0.15) is 0 Å². The third-order valence-electron chi connectivity index (χ3n) is 3.29. The zero-order valence-electron chi connectivity index (χ0n) is 12.2. The number of carbonyl (C=O) groups excluding carboxylic acids is 1. The number of carbonyl (C=O) groups is 1. The first kappa shape index (κ1) is 15.8. The average Bonchev–Trinajstić information content (AvgIpc) is 2.93. The normalized spacial score (nSPS) is 12.1. The van der Waals surface area contributed by atoms with Crippen LogP contribution in [0.15, 0.2) is 47.1 Å². The van der Waals surface area contributed by atoms with Gasteiger partial charge in [0.05, 0.1) is 12.6 Å². The predicted octanol–water partition coefficient (Wildman–Crippen LogP) is 3.39. The van der Waals surface area contributed by atoms with Crippen molar-refractivity contribution < 1.29 is 9.53 Å². The van der Waals surface area contributed by atoms with E-state index in [9.17, 15) is 4.79 Å². The van der Waals surface area contributed by atoms with Gasteiger partial charge in [0.1, 0.15) is 5.69 Å². The van der Waals surface area contributed by atoms with Crippen molar-refractivity contribution in [3.8, 4) is 0 Å². The van der Waals surface area contributed by atoms with Crippen LogP contribution in [0.5, 0.6) is 0 Å². The summed E-state index contributed by atoms with van der Waals surface area (Å²) in [5.74, 6) is -0.0800. The highest BCUT2D eigenvalue weighted by Gasteiger charge is 2.14. The van der Waals surface area contributed by atoms with Gasteiger partial charge in [0.15, 0.2) is 0 Å². The summed E-state index contributed by atoms with van der Waals surface area (Å²) in [7, 11) is 1.65. The van der Waals surface area contributed by atoms with Gasteiger partial charge in [-0.3, -0.25) is 4.79 Å². The topological polar surface area (TPSA) is 43.3 Å². The van der Waals surface area contributed by atoms with Crippen LogP contribution in [0.2, 0.25) is 0 Å². The van der Waals surface area contributed by atoms with Crippen LogP contribution in [0.3, 0.4) is 0 Å². The van der Waals surface area contributed by atoms with E-state index in [-0.39, 0.29) is 11.9 Å². The number of benzene rings is 1. The van der Waals surface area contributed by atoms with Crippen LogP contribution < -0.4 is 5.32 Å². The van der Waals surface area contributed by atoms with Gasteiger partial charge in [0.2, 0.25) is 0 Å². The molecular weight excluding hydrogens is 332 g/mol. The SMILES string of the molecule is COCCn1cccc1C(=O)NC(C)c1cccc(Br)c1. The quantitative estimate of drug-likeness (QED) is 0.867. The third-order valence-corrected chi connectivity index (χ3v) is 3.79. The molecule has 0 aliphatic carbocycles. The van der Waals surface area contributed by atoms with Gasteiger partial charge in [0, 0.05) is 24.3 Å². The van der Waals surface area contributed by atoms with Gasteiger partial charge in [-0.25, -0.2) is 0 Å². The fourth-order valence-corrected chi connectivity index (χ4v) is 2.55. The molecule has 1 atom stereocenters. The summed E-state index contributed by atoms with van der Waals surface area (Å²) in [6.45, 7) is 3.22. The monoisotopic (exact) mass is 350 g/mol. The van der Waals surface area contributed by atoms with Crippen LogP contribution in [0.25, 0.3) is 0 Å². The lowest BCUT2D eigenvalue weighted by Gasteiger charge is -2.16. The van der Waals surface area contributed by atoms with Crippen molar-refractivity contribution in [2.75, 3.05) is 13.7 Å². The zero-order chi connectivity index (χ0) is 15.2. The van der Waals surface area contributed by atoms with E-state index >= 15 is 0 Å². The molecule has 112 valence electrons. The zero-order valence-corrected chi connectivity index (χ0v) is 13.8. The van der Waals surface area contributed by atoms with Gasteiger partial charge < -0.3 is 14.6 Å². The van der Waals surface area contributed by atoms with Crippen LogP contribution in [-0.2, 0) is 11.3 Å². The largest absolute Gasteiger partial charge is 0.383 e. The van der Waals surface area contributed by atoms with E-state index in [1.54, 1.807) is 7.11 Å². The second kappa shape index (κ2) is 7.43. The van der Waals surface area contributed by atoms with E-state index in [4.69, 9.17) is 4.74 Å². The summed E-state index contributed by atoms with van der Waals surface area (Å²) in [5.41, 5.74) is 1.71. The Morgan fingerprint density at radius 1 is 1.38 bits per heavy atom. The molecule has 0 bridgehead atoms. The molecular formula is C16H19BrN2O2. The number of methoxy groups -OCH3 is 1. The molecule has 0 saturated carbocycles. The number of hydrogen-bond acceptors (Lipinski definition) is 2. The van der Waals surface area contributed by atoms with Crippen molar-refractivity contribution in [2.45, 2.75) is 19.5 Å². The number of aromatic nitrogens is 1. The van der Waals surface area contributed by atoms with E-state index in [0.29, 0.717) is 18.8 Å². The standard InChI is InChI=1S/C16H19BrN2O2/c1-12(13-5-3-6-14(17)11-13)18-16(20)15-7-4-8-19(15)9-10-21-2/h3-8,11-12H,9-10H2,1-2H3,(H,18,20). The molecule has 1 aromatic heterocycles. The van der Waals surface area contributed by atoms with Crippen molar-refractivity contribution in [1.82, 2.24) is 9.88 Å². The molecule has 0 fully saturated rings. The van der Waals surface area contributed by atoms with Gasteiger partial charge in [-0.05, 0) is 36.8 Å². The van der Waals surface area contributed by atoms with Crippen LogP contribution in [0.1, 0.15) is 29.0 Å². The molecule has 1 N–H and O–H groups in total. The minimum atomic E-state index is -0.0800. The van der Waals surface area contributed by atoms with E-state index in [1.807, 2.05) is 54.1 Å². The number of nitrogens with zero attached hydrogens (tertiary/aromatic N) is 1. The lowest BCUT2D eigenvalue weighted by molar-refractivity contribution is 0.0927. The second-order valence-corrected chi connectivity index (χ2v) is 5.75. The van der Waals surface area contributed by atoms with Gasteiger partial charge >= 0.3 is 0 Å². The number of ether oxygens (including phenoxy) is 1. The molecule has 1 amide bonds. The molecule has 0 radical (unpaired) electrons. The molecule has 21 heavy (non-hydrogen) atoms. The Morgan fingerprint density at radius 3 is 2.90 bits per heavy atom. The Balaban J connectivity index is 2.06. The highest BCUT2D eigenvalue weighted by atomic mass is 79.9. The van der Waals surface area contributed by atoms with Gasteiger partial charge in [-0.15, -0.1) is 0 Å². The molecule has 2 rings (SSSR count). The van der Waals surface area contributed by atoms with Gasteiger partial charge in [0.25, 0.3) is 5.91 Å². The molecule has 0 aliphatic rings. The maximum atomic E-state index is 12.4. The first-order valence-corrected chi connectivity index (χ1v) is 7.61. The number of rotatable bonds is 6. The number of hydrogen-bond donors (Lipinski definition) is 1. The highest BCUT2D eigenvalue weighted by molar-refractivity contribution is 9.10. The second-order valence-electron chi connectivity index (χ2n) is 4.83. The van der Waals surface area contributed by atoms with Crippen molar-refractivity contribution >= 4 is 21.8 Å². The van der Waals surface area contributed by atoms with E-state index in [2.05, 4.69) is 21.2 Å². The summed E-state index contributed by atoms with van der Waals surface area (Å²) in [6.07, 6.45) is 1.89. The third kappa shape index (κ3) is 4.19. The Kier molecular flexibility index (Phi) is 5.59. The maximum Gasteiger partial charge on any atom is 0.268 e. The Morgan fingerprint density at radius 2 is 2.19 bits per heavy atom. The van der Waals surface area contributed by atoms with Gasteiger partial charge in [-0.1, -0.05) is 28.1 Å². The molecule has 0 spiro atoms. The van der Waals surface area contributed by atoms with Crippen molar-refractivity contribution in [2.24, 2.45) is 0 Å². The van der Waals surface area contributed by atoms with Crippen LogP contribution in [0, 0.1) is 0 Å². The highest BCUT2D eigenvalue weighted by Crippen LogP contribution is 2.18. The average molecular weight is 351 g/mol. The van der Waals surface area contributed by atoms with Crippen LogP contribution >= 0.6 is 15.9 Å².